The lowest BCUT2D eigenvalue weighted by molar-refractivity contribution is -0.274. The van der Waals surface area contributed by atoms with Crippen molar-refractivity contribution in [3.05, 3.63) is 34.0 Å². The van der Waals surface area contributed by atoms with Gasteiger partial charge in [-0.3, -0.25) is 4.79 Å². The third-order valence-corrected chi connectivity index (χ3v) is 6.28. The van der Waals surface area contributed by atoms with Crippen molar-refractivity contribution in [2.75, 3.05) is 25.1 Å². The van der Waals surface area contributed by atoms with E-state index in [1.807, 2.05) is 0 Å². The first-order valence-electron chi connectivity index (χ1n) is 11.1. The van der Waals surface area contributed by atoms with Crippen LogP contribution in [0.2, 0.25) is 5.02 Å². The zero-order valence-corrected chi connectivity index (χ0v) is 19.3. The van der Waals surface area contributed by atoms with Crippen LogP contribution in [0.15, 0.2) is 23.4 Å². The van der Waals surface area contributed by atoms with E-state index < -0.39 is 23.3 Å². The fraction of sp³-hybridized carbons (Fsp3) is 0.619. The van der Waals surface area contributed by atoms with Crippen LogP contribution in [-0.2, 0) is 4.74 Å². The molecule has 0 radical (unpaired) electrons. The maximum atomic E-state index is 14.7. The Hall–Kier alpha value is -2.67. The van der Waals surface area contributed by atoms with Gasteiger partial charge >= 0.3 is 12.4 Å². The minimum Gasteiger partial charge on any atom is -0.460 e. The molecule has 4 rings (SSSR count). The normalized spacial score (nSPS) is 25.2. The summed E-state index contributed by atoms with van der Waals surface area (Å²) in [6, 6.07) is -0.276. The Labute approximate surface area is 202 Å². The maximum Gasteiger partial charge on any atom is 0.573 e. The first-order valence-corrected chi connectivity index (χ1v) is 11.5. The minimum atomic E-state index is -4.83. The van der Waals surface area contributed by atoms with E-state index >= 15 is 0 Å². The summed E-state index contributed by atoms with van der Waals surface area (Å²) in [7, 11) is 0. The van der Waals surface area contributed by atoms with Crippen molar-refractivity contribution in [2.45, 2.75) is 62.7 Å². The van der Waals surface area contributed by atoms with E-state index in [0.717, 1.165) is 12.4 Å². The van der Waals surface area contributed by atoms with E-state index in [2.05, 4.69) is 25.1 Å². The summed E-state index contributed by atoms with van der Waals surface area (Å²) >= 11 is 6.26. The highest BCUT2D eigenvalue weighted by Crippen LogP contribution is 2.31. The lowest BCUT2D eigenvalue weighted by Crippen LogP contribution is -2.41. The molecule has 1 atom stereocenters. The number of halogens is 5. The number of anilines is 1. The predicted molar refractivity (Wildman–Crippen MR) is 117 cm³/mol. The Morgan fingerprint density at radius 2 is 1.91 bits per heavy atom. The number of rotatable bonds is 7. The van der Waals surface area contributed by atoms with Gasteiger partial charge in [0.05, 0.1) is 43.5 Å². The summed E-state index contributed by atoms with van der Waals surface area (Å²) in [6.45, 7) is 0.489. The van der Waals surface area contributed by atoms with Crippen LogP contribution < -0.4 is 20.3 Å². The van der Waals surface area contributed by atoms with Crippen molar-refractivity contribution in [3.63, 3.8) is 0 Å². The molecule has 3 heterocycles. The second kappa shape index (κ2) is 10.5. The van der Waals surface area contributed by atoms with Gasteiger partial charge in [0.1, 0.15) is 11.1 Å². The Morgan fingerprint density at radius 3 is 2.54 bits per heavy atom. The Morgan fingerprint density at radius 1 is 1.20 bits per heavy atom. The molecule has 2 aromatic heterocycles. The highest BCUT2D eigenvalue weighted by molar-refractivity contribution is 6.32. The second-order valence-corrected chi connectivity index (χ2v) is 8.96. The fourth-order valence-corrected chi connectivity index (χ4v) is 4.35. The number of ether oxygens (including phenoxy) is 3. The molecule has 1 N–H and O–H groups in total. The molecule has 2 aliphatic rings. The van der Waals surface area contributed by atoms with Crippen LogP contribution in [0.3, 0.4) is 0 Å². The highest BCUT2D eigenvalue weighted by Gasteiger charge is 2.33. The third-order valence-electron chi connectivity index (χ3n) is 5.91. The summed E-state index contributed by atoms with van der Waals surface area (Å²) in [6.07, 6.45) is 1.28. The van der Waals surface area contributed by atoms with E-state index in [9.17, 15) is 22.4 Å². The van der Waals surface area contributed by atoms with Crippen LogP contribution in [0.25, 0.3) is 0 Å². The predicted octanol–water partition coefficient (Wildman–Crippen LogP) is 4.08. The molecule has 9 nitrogen and oxygen atoms in total. The van der Waals surface area contributed by atoms with E-state index in [4.69, 9.17) is 21.1 Å². The quantitative estimate of drug-likeness (QED) is 0.544. The number of nitrogens with one attached hydrogen (secondary N) is 1. The zero-order chi connectivity index (χ0) is 25.1. The van der Waals surface area contributed by atoms with Gasteiger partial charge in [0.2, 0.25) is 0 Å². The molecule has 0 aromatic carbocycles. The smallest absolute Gasteiger partial charge is 0.460 e. The molecule has 1 saturated carbocycles. The fourth-order valence-electron chi connectivity index (χ4n) is 4.15. The SMILES string of the molecule is O=c1c(Cl)c(NC[C@@]2(F)CCCOC2)cnn1[C@H]1CC[C@H](Oc2ncc(OC(F)(F)F)cn2)CC1. The van der Waals surface area contributed by atoms with E-state index in [1.54, 1.807) is 0 Å². The number of nitrogens with zero attached hydrogens (tertiary/aromatic N) is 4. The molecule has 14 heteroatoms. The molecule has 1 aliphatic heterocycles. The average molecular weight is 522 g/mol. The van der Waals surface area contributed by atoms with E-state index in [-0.39, 0.29) is 42.0 Å². The Bertz CT molecular complexity index is 1060. The van der Waals surface area contributed by atoms with Crippen LogP contribution in [0.1, 0.15) is 44.6 Å². The number of alkyl halides is 4. The van der Waals surface area contributed by atoms with Gasteiger partial charge < -0.3 is 19.5 Å². The van der Waals surface area contributed by atoms with Crippen LogP contribution in [0, 0.1) is 0 Å². The molecular formula is C21H24ClF4N5O4. The van der Waals surface area contributed by atoms with Gasteiger partial charge in [-0.05, 0) is 38.5 Å². The van der Waals surface area contributed by atoms with Crippen LogP contribution >= 0.6 is 11.6 Å². The monoisotopic (exact) mass is 521 g/mol. The summed E-state index contributed by atoms with van der Waals surface area (Å²) in [4.78, 5) is 20.3. The average Bonchev–Trinajstić information content (AvgIpc) is 2.82. The molecular weight excluding hydrogens is 498 g/mol. The molecule has 2 aromatic rings. The van der Waals surface area contributed by atoms with Gasteiger partial charge in [0, 0.05) is 6.61 Å². The number of hydrogen-bond acceptors (Lipinski definition) is 8. The summed E-state index contributed by atoms with van der Waals surface area (Å²) in [5.74, 6) is -0.539. The molecule has 0 amide bonds. The van der Waals surface area contributed by atoms with Crippen molar-refractivity contribution < 1.29 is 31.8 Å². The molecule has 0 spiro atoms. The molecule has 0 unspecified atom stereocenters. The van der Waals surface area contributed by atoms with Gasteiger partial charge in [0.25, 0.3) is 5.56 Å². The zero-order valence-electron chi connectivity index (χ0n) is 18.6. The van der Waals surface area contributed by atoms with Gasteiger partial charge in [0.15, 0.2) is 11.4 Å². The Balaban J connectivity index is 1.31. The second-order valence-electron chi connectivity index (χ2n) is 8.58. The summed E-state index contributed by atoms with van der Waals surface area (Å²) in [5.41, 5.74) is -1.73. The maximum absolute atomic E-state index is 14.7. The van der Waals surface area contributed by atoms with Crippen LogP contribution in [-0.4, -0.2) is 57.6 Å². The van der Waals surface area contributed by atoms with Crippen molar-refractivity contribution in [2.24, 2.45) is 0 Å². The molecule has 0 bridgehead atoms. The van der Waals surface area contributed by atoms with Crippen molar-refractivity contribution in [1.29, 1.82) is 0 Å². The highest BCUT2D eigenvalue weighted by atomic mass is 35.5. The number of aromatic nitrogens is 4. The van der Waals surface area contributed by atoms with E-state index in [0.29, 0.717) is 45.1 Å². The molecule has 192 valence electrons. The molecule has 35 heavy (non-hydrogen) atoms. The van der Waals surface area contributed by atoms with Crippen molar-refractivity contribution in [1.82, 2.24) is 19.7 Å². The van der Waals surface area contributed by atoms with Crippen LogP contribution in [0.5, 0.6) is 11.8 Å². The first kappa shape index (κ1) is 25.4. The topological polar surface area (TPSA) is 100 Å². The lowest BCUT2D eigenvalue weighted by Gasteiger charge is -2.30. The van der Waals surface area contributed by atoms with Crippen molar-refractivity contribution in [3.8, 4) is 11.8 Å². The lowest BCUT2D eigenvalue weighted by atomic mass is 9.93. The third kappa shape index (κ3) is 6.72. The van der Waals surface area contributed by atoms with E-state index in [1.165, 1.54) is 10.9 Å². The molecule has 1 saturated heterocycles. The summed E-state index contributed by atoms with van der Waals surface area (Å²) < 4.78 is 67.3. The van der Waals surface area contributed by atoms with Crippen molar-refractivity contribution >= 4 is 17.3 Å². The van der Waals surface area contributed by atoms with Gasteiger partial charge in [-0.25, -0.2) is 9.07 Å². The first-order chi connectivity index (χ1) is 16.6. The number of hydrogen-bond donors (Lipinski definition) is 1. The summed E-state index contributed by atoms with van der Waals surface area (Å²) in [5, 5.41) is 7.04. The molecule has 1 aliphatic carbocycles. The molecule has 2 fully saturated rings. The minimum absolute atomic E-state index is 0.00998. The van der Waals surface area contributed by atoms with Gasteiger partial charge in [-0.1, -0.05) is 11.6 Å². The van der Waals surface area contributed by atoms with Gasteiger partial charge in [-0.15, -0.1) is 13.2 Å². The standard InChI is InChI=1S/C21H24ClF4N5O4/c22-17-16(29-11-20(23)6-1-7-33-12-20)10-30-31(18(17)32)13-2-4-14(5-3-13)34-19-27-8-15(9-28-19)35-21(24,25)26/h8-10,13-14,29H,1-7,11-12H2/t13-,14-,20-/m0/s1. The van der Waals surface area contributed by atoms with Gasteiger partial charge in [-0.2, -0.15) is 15.1 Å². The van der Waals surface area contributed by atoms with Crippen LogP contribution in [0.4, 0.5) is 23.2 Å². The largest absolute Gasteiger partial charge is 0.573 e. The Kier molecular flexibility index (Phi) is 7.64.